The van der Waals surface area contributed by atoms with E-state index >= 15 is 0 Å². The Morgan fingerprint density at radius 2 is 2.33 bits per heavy atom. The molecule has 1 amide bonds. The lowest BCUT2D eigenvalue weighted by atomic mass is 10.2. The van der Waals surface area contributed by atoms with Crippen LogP contribution in [-0.2, 0) is 4.79 Å². The second kappa shape index (κ2) is 5.21. The van der Waals surface area contributed by atoms with E-state index in [0.29, 0.717) is 6.54 Å². The summed E-state index contributed by atoms with van der Waals surface area (Å²) in [6.45, 7) is 4.93. The summed E-state index contributed by atoms with van der Waals surface area (Å²) in [6, 6.07) is 4.31. The highest BCUT2D eigenvalue weighted by Crippen LogP contribution is 2.24. The zero-order chi connectivity index (χ0) is 13.1. The maximum Gasteiger partial charge on any atom is 0.209 e. The number of likely N-dealkylation sites (N-methyl/N-ethyl adjacent to an activating group) is 1. The Hall–Kier alpha value is -1.84. The molecule has 0 N–H and O–H groups in total. The van der Waals surface area contributed by atoms with E-state index in [1.165, 1.54) is 10.9 Å². The highest BCUT2D eigenvalue weighted by molar-refractivity contribution is 5.80. The Balaban J connectivity index is 2.42. The number of amides is 1. The van der Waals surface area contributed by atoms with Gasteiger partial charge < -0.3 is 9.47 Å². The normalized spacial score (nSPS) is 12.6. The molecule has 0 radical (unpaired) electrons. The standard InChI is InChI=1S/C14H19N3O/c1-4-12(9-16(3)10-18)17-8-11(2)13-6-5-7-15-14(13)17/h5-8,10,12H,4,9H2,1-3H3. The molecule has 1 atom stereocenters. The van der Waals surface area contributed by atoms with Crippen LogP contribution >= 0.6 is 0 Å². The van der Waals surface area contributed by atoms with Gasteiger partial charge in [0.25, 0.3) is 0 Å². The Kier molecular flexibility index (Phi) is 3.65. The summed E-state index contributed by atoms with van der Waals surface area (Å²) in [7, 11) is 1.81. The molecule has 18 heavy (non-hydrogen) atoms. The predicted octanol–water partition coefficient (Wildman–Crippen LogP) is 2.38. The molecule has 4 nitrogen and oxygen atoms in total. The van der Waals surface area contributed by atoms with Crippen LogP contribution in [0.5, 0.6) is 0 Å². The second-order valence-electron chi connectivity index (χ2n) is 4.70. The number of hydrogen-bond donors (Lipinski definition) is 0. The molecule has 2 heterocycles. The van der Waals surface area contributed by atoms with Gasteiger partial charge in [-0.2, -0.15) is 0 Å². The summed E-state index contributed by atoms with van der Waals surface area (Å²) in [6.07, 6.45) is 5.78. The third kappa shape index (κ3) is 2.23. The number of nitrogens with zero attached hydrogens (tertiary/aromatic N) is 3. The molecular weight excluding hydrogens is 226 g/mol. The van der Waals surface area contributed by atoms with Crippen molar-refractivity contribution in [1.29, 1.82) is 0 Å². The monoisotopic (exact) mass is 245 g/mol. The smallest absolute Gasteiger partial charge is 0.209 e. The zero-order valence-electron chi connectivity index (χ0n) is 11.1. The summed E-state index contributed by atoms with van der Waals surface area (Å²) < 4.78 is 2.19. The highest BCUT2D eigenvalue weighted by atomic mass is 16.1. The average Bonchev–Trinajstić information content (AvgIpc) is 2.74. The van der Waals surface area contributed by atoms with Crippen molar-refractivity contribution in [2.45, 2.75) is 26.3 Å². The first-order chi connectivity index (χ1) is 8.67. The largest absolute Gasteiger partial charge is 0.346 e. The van der Waals surface area contributed by atoms with Crippen LogP contribution in [0.3, 0.4) is 0 Å². The Labute approximate surface area is 107 Å². The number of carbonyl (C=O) groups is 1. The maximum atomic E-state index is 10.8. The number of aryl methyl sites for hydroxylation is 1. The van der Waals surface area contributed by atoms with Gasteiger partial charge in [-0.05, 0) is 31.0 Å². The van der Waals surface area contributed by atoms with Gasteiger partial charge in [-0.15, -0.1) is 0 Å². The molecule has 0 saturated carbocycles. The van der Waals surface area contributed by atoms with Crippen molar-refractivity contribution >= 4 is 17.4 Å². The minimum absolute atomic E-state index is 0.270. The van der Waals surface area contributed by atoms with Crippen LogP contribution in [0, 0.1) is 6.92 Å². The predicted molar refractivity (Wildman–Crippen MR) is 72.5 cm³/mol. The van der Waals surface area contributed by atoms with Crippen LogP contribution < -0.4 is 0 Å². The van der Waals surface area contributed by atoms with Crippen molar-refractivity contribution in [2.24, 2.45) is 0 Å². The molecule has 0 spiro atoms. The summed E-state index contributed by atoms with van der Waals surface area (Å²) in [4.78, 5) is 16.9. The topological polar surface area (TPSA) is 38.1 Å². The molecule has 0 saturated heterocycles. The van der Waals surface area contributed by atoms with Crippen LogP contribution in [0.25, 0.3) is 11.0 Å². The first-order valence-electron chi connectivity index (χ1n) is 6.25. The molecule has 2 aromatic heterocycles. The average molecular weight is 245 g/mol. The van der Waals surface area contributed by atoms with Crippen molar-refractivity contribution < 1.29 is 4.79 Å². The van der Waals surface area contributed by atoms with Gasteiger partial charge in [0, 0.05) is 31.4 Å². The van der Waals surface area contributed by atoms with Crippen LogP contribution in [0.2, 0.25) is 0 Å². The summed E-state index contributed by atoms with van der Waals surface area (Å²) >= 11 is 0. The molecule has 0 aliphatic carbocycles. The quantitative estimate of drug-likeness (QED) is 0.759. The van der Waals surface area contributed by atoms with Gasteiger partial charge in [-0.25, -0.2) is 4.98 Å². The van der Waals surface area contributed by atoms with Crippen LogP contribution in [0.15, 0.2) is 24.5 Å². The van der Waals surface area contributed by atoms with E-state index < -0.39 is 0 Å². The number of rotatable bonds is 5. The Morgan fingerprint density at radius 1 is 1.56 bits per heavy atom. The molecule has 1 unspecified atom stereocenters. The van der Waals surface area contributed by atoms with E-state index in [1.807, 2.05) is 19.3 Å². The van der Waals surface area contributed by atoms with Gasteiger partial charge in [0.1, 0.15) is 5.65 Å². The van der Waals surface area contributed by atoms with E-state index in [-0.39, 0.29) is 6.04 Å². The third-order valence-corrected chi connectivity index (χ3v) is 3.33. The van der Waals surface area contributed by atoms with Gasteiger partial charge >= 0.3 is 0 Å². The second-order valence-corrected chi connectivity index (χ2v) is 4.70. The summed E-state index contributed by atoms with van der Waals surface area (Å²) in [5.41, 5.74) is 2.23. The van der Waals surface area contributed by atoms with Gasteiger partial charge in [0.05, 0.1) is 6.04 Å². The summed E-state index contributed by atoms with van der Waals surface area (Å²) in [5, 5.41) is 1.18. The van der Waals surface area contributed by atoms with Crippen molar-refractivity contribution in [2.75, 3.05) is 13.6 Å². The highest BCUT2D eigenvalue weighted by Gasteiger charge is 2.15. The third-order valence-electron chi connectivity index (χ3n) is 3.33. The SMILES string of the molecule is CCC(CN(C)C=O)n1cc(C)c2cccnc21. The van der Waals surface area contributed by atoms with Crippen LogP contribution in [-0.4, -0.2) is 34.5 Å². The lowest BCUT2D eigenvalue weighted by molar-refractivity contribution is -0.117. The number of aromatic nitrogens is 2. The van der Waals surface area contributed by atoms with E-state index in [2.05, 4.69) is 35.7 Å². The lowest BCUT2D eigenvalue weighted by Gasteiger charge is -2.22. The number of hydrogen-bond acceptors (Lipinski definition) is 2. The fourth-order valence-corrected chi connectivity index (χ4v) is 2.32. The van der Waals surface area contributed by atoms with Crippen molar-refractivity contribution in [1.82, 2.24) is 14.5 Å². The molecule has 2 rings (SSSR count). The molecule has 0 aliphatic rings. The minimum atomic E-state index is 0.270. The molecule has 2 aromatic rings. The van der Waals surface area contributed by atoms with E-state index in [0.717, 1.165) is 18.5 Å². The van der Waals surface area contributed by atoms with Crippen LogP contribution in [0.1, 0.15) is 24.9 Å². The molecule has 0 aromatic carbocycles. The zero-order valence-corrected chi connectivity index (χ0v) is 11.1. The maximum absolute atomic E-state index is 10.8. The van der Waals surface area contributed by atoms with Crippen LogP contribution in [0.4, 0.5) is 0 Å². The van der Waals surface area contributed by atoms with Crippen molar-refractivity contribution in [3.8, 4) is 0 Å². The van der Waals surface area contributed by atoms with Crippen molar-refractivity contribution in [3.63, 3.8) is 0 Å². The Bertz CT molecular complexity index is 547. The molecule has 0 fully saturated rings. The number of fused-ring (bicyclic) bond motifs is 1. The molecule has 0 aliphatic heterocycles. The van der Waals surface area contributed by atoms with E-state index in [9.17, 15) is 4.79 Å². The lowest BCUT2D eigenvalue weighted by Crippen LogP contribution is -2.26. The van der Waals surface area contributed by atoms with E-state index in [4.69, 9.17) is 0 Å². The van der Waals surface area contributed by atoms with Gasteiger partial charge in [-0.1, -0.05) is 6.92 Å². The molecule has 0 bridgehead atoms. The minimum Gasteiger partial charge on any atom is -0.346 e. The van der Waals surface area contributed by atoms with Gasteiger partial charge in [0.2, 0.25) is 6.41 Å². The van der Waals surface area contributed by atoms with Gasteiger partial charge in [0.15, 0.2) is 0 Å². The number of carbonyl (C=O) groups excluding carboxylic acids is 1. The first-order valence-corrected chi connectivity index (χ1v) is 6.25. The molecule has 4 heteroatoms. The molecular formula is C14H19N3O. The fourth-order valence-electron chi connectivity index (χ4n) is 2.32. The van der Waals surface area contributed by atoms with E-state index in [1.54, 1.807) is 4.90 Å². The number of pyridine rings is 1. The summed E-state index contributed by atoms with van der Waals surface area (Å²) in [5.74, 6) is 0. The van der Waals surface area contributed by atoms with Crippen molar-refractivity contribution in [3.05, 3.63) is 30.1 Å². The fraction of sp³-hybridized carbons (Fsp3) is 0.429. The molecule has 96 valence electrons. The first kappa shape index (κ1) is 12.6. The van der Waals surface area contributed by atoms with Gasteiger partial charge in [-0.3, -0.25) is 4.79 Å². The Morgan fingerprint density at radius 3 is 3.00 bits per heavy atom.